The van der Waals surface area contributed by atoms with E-state index >= 15 is 0 Å². The van der Waals surface area contributed by atoms with Crippen molar-refractivity contribution in [3.05, 3.63) is 71.6 Å². The van der Waals surface area contributed by atoms with E-state index in [4.69, 9.17) is 4.98 Å². The first-order valence-electron chi connectivity index (χ1n) is 11.8. The summed E-state index contributed by atoms with van der Waals surface area (Å²) < 4.78 is 4.02. The number of imidazole rings is 1. The van der Waals surface area contributed by atoms with Gasteiger partial charge < -0.3 is 9.13 Å². The molecule has 0 bridgehead atoms. The van der Waals surface area contributed by atoms with Crippen molar-refractivity contribution in [3.8, 4) is 17.2 Å². The van der Waals surface area contributed by atoms with Crippen LogP contribution < -0.4 is 4.90 Å². The Balaban J connectivity index is 1.37. The van der Waals surface area contributed by atoms with Crippen LogP contribution in [0.15, 0.2) is 49.2 Å². The molecule has 8 heteroatoms. The zero-order chi connectivity index (χ0) is 23.6. The lowest BCUT2D eigenvalue weighted by molar-refractivity contribution is 0.0991. The lowest BCUT2D eigenvalue weighted by Crippen LogP contribution is -2.27. The summed E-state index contributed by atoms with van der Waals surface area (Å²) in [6, 6.07) is 9.92. The quantitative estimate of drug-likeness (QED) is 0.424. The summed E-state index contributed by atoms with van der Waals surface area (Å²) in [5.41, 5.74) is 5.68. The maximum Gasteiger partial charge on any atom is 0.260 e. The molecule has 8 nitrogen and oxygen atoms in total. The topological polar surface area (TPSA) is 81.7 Å². The molecule has 1 aliphatic heterocycles. The summed E-state index contributed by atoms with van der Waals surface area (Å²) in [6.45, 7) is 8.29. The Hall–Kier alpha value is -3.81. The van der Waals surface area contributed by atoms with Crippen LogP contribution in [0, 0.1) is 6.92 Å². The van der Waals surface area contributed by atoms with E-state index in [1.165, 1.54) is 12.8 Å². The number of carbonyl (C=O) groups is 1. The molecule has 1 saturated carbocycles. The average Bonchev–Trinajstić information content (AvgIpc) is 3.26. The minimum absolute atomic E-state index is 0.0405. The smallest absolute Gasteiger partial charge is 0.260 e. The van der Waals surface area contributed by atoms with Gasteiger partial charge in [0.15, 0.2) is 5.82 Å². The largest absolute Gasteiger partial charge is 0.310 e. The third-order valence-corrected chi connectivity index (χ3v) is 6.87. The van der Waals surface area contributed by atoms with E-state index in [-0.39, 0.29) is 18.0 Å². The Labute approximate surface area is 198 Å². The molecular weight excluding hydrogens is 426 g/mol. The van der Waals surface area contributed by atoms with Crippen molar-refractivity contribution in [1.82, 2.24) is 29.3 Å². The number of fused-ring (bicyclic) bond motifs is 1. The number of carbonyl (C=O) groups excluding carboxylic acids is 1. The van der Waals surface area contributed by atoms with Gasteiger partial charge in [-0.15, -0.1) is 10.2 Å². The molecule has 1 fully saturated rings. The molecule has 2 aliphatic rings. The predicted octanol–water partition coefficient (Wildman–Crippen LogP) is 5.01. The van der Waals surface area contributed by atoms with Gasteiger partial charge in [0, 0.05) is 23.7 Å². The second-order valence-electron chi connectivity index (χ2n) is 9.59. The first-order valence-corrected chi connectivity index (χ1v) is 11.8. The van der Waals surface area contributed by atoms with Crippen LogP contribution in [0.1, 0.15) is 78.8 Å². The molecule has 172 valence electrons. The highest BCUT2D eigenvalue weighted by molar-refractivity contribution is 6.11. The normalized spacial score (nSPS) is 17.6. The van der Waals surface area contributed by atoms with Gasteiger partial charge in [0.05, 0.1) is 23.8 Å². The Kier molecular flexibility index (Phi) is 4.65. The number of anilines is 1. The fraction of sp³-hybridized carbons (Fsp3) is 0.346. The van der Waals surface area contributed by atoms with E-state index < -0.39 is 0 Å². The van der Waals surface area contributed by atoms with Gasteiger partial charge in [-0.1, -0.05) is 12.1 Å². The lowest BCUT2D eigenvalue weighted by atomic mass is 10.0. The number of amides is 1. The summed E-state index contributed by atoms with van der Waals surface area (Å²) in [7, 11) is 0. The molecule has 0 radical (unpaired) electrons. The number of hydrogen-bond donors (Lipinski definition) is 0. The van der Waals surface area contributed by atoms with Crippen molar-refractivity contribution in [1.29, 1.82) is 0 Å². The number of nitrogens with zero attached hydrogens (tertiary/aromatic N) is 7. The highest BCUT2D eigenvalue weighted by Crippen LogP contribution is 2.41. The van der Waals surface area contributed by atoms with Gasteiger partial charge in [-0.05, 0) is 69.9 Å². The molecule has 0 spiro atoms. The van der Waals surface area contributed by atoms with Crippen molar-refractivity contribution in [2.24, 2.45) is 0 Å². The number of aryl methyl sites for hydroxylation is 1. The van der Waals surface area contributed by atoms with Gasteiger partial charge in [-0.3, -0.25) is 9.69 Å². The van der Waals surface area contributed by atoms with Gasteiger partial charge in [-0.25, -0.2) is 9.97 Å². The predicted molar refractivity (Wildman–Crippen MR) is 129 cm³/mol. The van der Waals surface area contributed by atoms with Crippen LogP contribution in [0.2, 0.25) is 0 Å². The minimum Gasteiger partial charge on any atom is -0.310 e. The Bertz CT molecular complexity index is 1410. The third kappa shape index (κ3) is 3.24. The first kappa shape index (κ1) is 20.8. The molecule has 1 aliphatic carbocycles. The van der Waals surface area contributed by atoms with Crippen molar-refractivity contribution >= 4 is 11.7 Å². The molecule has 1 atom stereocenters. The first-order chi connectivity index (χ1) is 16.4. The van der Waals surface area contributed by atoms with Crippen molar-refractivity contribution in [3.63, 3.8) is 0 Å². The van der Waals surface area contributed by atoms with Crippen LogP contribution >= 0.6 is 0 Å². The van der Waals surface area contributed by atoms with Gasteiger partial charge in [-0.2, -0.15) is 0 Å². The lowest BCUT2D eigenvalue weighted by Gasteiger charge is -2.21. The maximum absolute atomic E-state index is 13.6. The zero-order valence-electron chi connectivity index (χ0n) is 19.8. The van der Waals surface area contributed by atoms with Crippen molar-refractivity contribution in [2.45, 2.75) is 58.5 Å². The molecule has 3 aromatic heterocycles. The third-order valence-electron chi connectivity index (χ3n) is 6.87. The van der Waals surface area contributed by atoms with Crippen molar-refractivity contribution < 1.29 is 4.79 Å². The summed E-state index contributed by atoms with van der Waals surface area (Å²) >= 11 is 0. The number of pyridine rings is 1. The fourth-order valence-electron chi connectivity index (χ4n) is 4.82. The SMILES string of the molecule is Cc1cc2c(cc1-n1cnc(C3CC3)c1)C(=O)N(c1cccc(-c3nncn3C(C)C)n1)C2C. The molecule has 4 heterocycles. The molecule has 1 unspecified atom stereocenters. The van der Waals surface area contributed by atoms with Crippen LogP contribution in [-0.2, 0) is 0 Å². The van der Waals surface area contributed by atoms with Crippen LogP contribution in [0.3, 0.4) is 0 Å². The molecule has 1 amide bonds. The van der Waals surface area contributed by atoms with E-state index in [0.717, 1.165) is 22.5 Å². The Morgan fingerprint density at radius 2 is 1.94 bits per heavy atom. The Morgan fingerprint density at radius 1 is 1.12 bits per heavy atom. The number of aromatic nitrogens is 6. The molecular formula is C26H27N7O. The Morgan fingerprint density at radius 3 is 2.71 bits per heavy atom. The number of hydrogen-bond acceptors (Lipinski definition) is 5. The van der Waals surface area contributed by atoms with Crippen LogP contribution in [0.25, 0.3) is 17.2 Å². The second-order valence-corrected chi connectivity index (χ2v) is 9.59. The summed E-state index contributed by atoms with van der Waals surface area (Å²) in [5, 5.41) is 8.33. The molecule has 0 saturated heterocycles. The maximum atomic E-state index is 13.6. The summed E-state index contributed by atoms with van der Waals surface area (Å²) in [6.07, 6.45) is 8.10. The van der Waals surface area contributed by atoms with Gasteiger partial charge >= 0.3 is 0 Å². The highest BCUT2D eigenvalue weighted by atomic mass is 16.2. The van der Waals surface area contributed by atoms with Gasteiger partial charge in [0.25, 0.3) is 5.91 Å². The van der Waals surface area contributed by atoms with Crippen LogP contribution in [0.5, 0.6) is 0 Å². The fourth-order valence-corrected chi connectivity index (χ4v) is 4.82. The molecule has 6 rings (SSSR count). The van der Waals surface area contributed by atoms with E-state index in [0.29, 0.717) is 28.8 Å². The van der Waals surface area contributed by atoms with Crippen molar-refractivity contribution in [2.75, 3.05) is 4.90 Å². The zero-order valence-corrected chi connectivity index (χ0v) is 19.8. The molecule has 4 aromatic rings. The number of benzene rings is 1. The van der Waals surface area contributed by atoms with E-state index in [9.17, 15) is 4.79 Å². The molecule has 34 heavy (non-hydrogen) atoms. The average molecular weight is 454 g/mol. The minimum atomic E-state index is -0.120. The van der Waals surface area contributed by atoms with Gasteiger partial charge in [0.1, 0.15) is 17.8 Å². The number of rotatable bonds is 5. The van der Waals surface area contributed by atoms with E-state index in [1.54, 1.807) is 11.2 Å². The summed E-state index contributed by atoms with van der Waals surface area (Å²) in [5.74, 6) is 1.86. The van der Waals surface area contributed by atoms with E-state index in [1.807, 2.05) is 39.7 Å². The monoisotopic (exact) mass is 453 g/mol. The van der Waals surface area contributed by atoms with Crippen LogP contribution in [0.4, 0.5) is 5.82 Å². The van der Waals surface area contributed by atoms with E-state index in [2.05, 4.69) is 55.1 Å². The highest BCUT2D eigenvalue weighted by Gasteiger charge is 2.37. The second kappa shape index (κ2) is 7.62. The van der Waals surface area contributed by atoms with Gasteiger partial charge in [0.2, 0.25) is 0 Å². The van der Waals surface area contributed by atoms with Crippen LogP contribution in [-0.4, -0.2) is 35.2 Å². The standard InChI is InChI=1S/C26H27N7O/c1-15(2)32-14-28-30-25(32)21-6-5-7-24(29-21)33-17(4)19-10-16(3)23(11-20(19)26(33)34)31-12-22(27-13-31)18-8-9-18/h5-7,10-15,17-18H,8-9H2,1-4H3. The summed E-state index contributed by atoms with van der Waals surface area (Å²) in [4.78, 5) is 24.8. The molecule has 0 N–H and O–H groups in total. The molecule has 1 aromatic carbocycles.